The van der Waals surface area contributed by atoms with Gasteiger partial charge in [0.2, 0.25) is 5.91 Å². The number of piperazine rings is 1. The van der Waals surface area contributed by atoms with Crippen molar-refractivity contribution in [3.05, 3.63) is 0 Å². The highest BCUT2D eigenvalue weighted by atomic mass is 16.5. The van der Waals surface area contributed by atoms with Gasteiger partial charge in [-0.1, -0.05) is 0 Å². The maximum atomic E-state index is 12.2. The Hall–Kier alpha value is -1.43. The summed E-state index contributed by atoms with van der Waals surface area (Å²) in [7, 11) is 0. The maximum Gasteiger partial charge on any atom is 0.319 e. The number of carbonyl (C=O) groups is 3. The van der Waals surface area contributed by atoms with Gasteiger partial charge in [-0.25, -0.2) is 0 Å². The number of ketones is 1. The number of amides is 1. The number of hydrogen-bond donors (Lipinski definition) is 1. The summed E-state index contributed by atoms with van der Waals surface area (Å²) >= 11 is 0. The number of nitrogens with zero attached hydrogens (tertiary/aromatic N) is 1. The first-order chi connectivity index (χ1) is 8.80. The standard InChI is InChI=1S/C13H22N2O4/c1-5-19-12(18)13(3,4)10(16)8-15-7-6-14-11(17)9(15)2/h9H,5-8H2,1-4H3,(H,14,17). The van der Waals surface area contributed by atoms with Crippen molar-refractivity contribution in [3.63, 3.8) is 0 Å². The molecule has 0 aromatic carbocycles. The lowest BCUT2D eigenvalue weighted by molar-refractivity contribution is -0.158. The Kier molecular flexibility index (Phi) is 5.05. The van der Waals surface area contributed by atoms with Gasteiger partial charge in [-0.3, -0.25) is 19.3 Å². The van der Waals surface area contributed by atoms with Crippen LogP contribution in [-0.4, -0.2) is 54.8 Å². The third kappa shape index (κ3) is 3.53. The van der Waals surface area contributed by atoms with Crippen LogP contribution in [0.2, 0.25) is 0 Å². The number of hydrogen-bond acceptors (Lipinski definition) is 5. The number of ether oxygens (including phenoxy) is 1. The van der Waals surface area contributed by atoms with Crippen LogP contribution in [0.4, 0.5) is 0 Å². The molecule has 6 heteroatoms. The van der Waals surface area contributed by atoms with Gasteiger partial charge in [-0.15, -0.1) is 0 Å². The largest absolute Gasteiger partial charge is 0.465 e. The predicted molar refractivity (Wildman–Crippen MR) is 69.5 cm³/mol. The summed E-state index contributed by atoms with van der Waals surface area (Å²) in [6.07, 6.45) is 0. The molecule has 0 saturated carbocycles. The normalized spacial score (nSPS) is 20.8. The Morgan fingerprint density at radius 3 is 2.68 bits per heavy atom. The molecule has 1 aliphatic rings. The highest BCUT2D eigenvalue weighted by Gasteiger charge is 2.39. The van der Waals surface area contributed by atoms with Crippen molar-refractivity contribution in [3.8, 4) is 0 Å². The summed E-state index contributed by atoms with van der Waals surface area (Å²) in [6.45, 7) is 8.03. The number of rotatable bonds is 5. The first-order valence-electron chi connectivity index (χ1n) is 6.53. The average molecular weight is 270 g/mol. The summed E-state index contributed by atoms with van der Waals surface area (Å²) < 4.78 is 4.91. The van der Waals surface area contributed by atoms with Gasteiger partial charge in [0.05, 0.1) is 19.2 Å². The fraction of sp³-hybridized carbons (Fsp3) is 0.769. The quantitative estimate of drug-likeness (QED) is 0.560. The molecule has 19 heavy (non-hydrogen) atoms. The molecule has 1 unspecified atom stereocenters. The van der Waals surface area contributed by atoms with Crippen molar-refractivity contribution >= 4 is 17.7 Å². The van der Waals surface area contributed by atoms with Crippen LogP contribution in [0.3, 0.4) is 0 Å². The average Bonchev–Trinajstić information content (AvgIpc) is 2.35. The Morgan fingerprint density at radius 1 is 1.47 bits per heavy atom. The van der Waals surface area contributed by atoms with Gasteiger partial charge in [-0.05, 0) is 27.7 Å². The van der Waals surface area contributed by atoms with Crippen molar-refractivity contribution in [2.75, 3.05) is 26.2 Å². The van der Waals surface area contributed by atoms with Crippen LogP contribution in [0.25, 0.3) is 0 Å². The minimum atomic E-state index is -1.18. The Labute approximate surface area is 113 Å². The SMILES string of the molecule is CCOC(=O)C(C)(C)C(=O)CN1CCNC(=O)C1C. The second-order valence-corrected chi connectivity index (χ2v) is 5.21. The van der Waals surface area contributed by atoms with E-state index in [1.54, 1.807) is 32.6 Å². The van der Waals surface area contributed by atoms with Gasteiger partial charge in [-0.2, -0.15) is 0 Å². The van der Waals surface area contributed by atoms with E-state index < -0.39 is 11.4 Å². The van der Waals surface area contributed by atoms with Crippen LogP contribution >= 0.6 is 0 Å². The highest BCUT2D eigenvalue weighted by molar-refractivity contribution is 6.04. The molecule has 0 bridgehead atoms. The number of carbonyl (C=O) groups excluding carboxylic acids is 3. The van der Waals surface area contributed by atoms with E-state index in [0.717, 1.165) is 0 Å². The van der Waals surface area contributed by atoms with Crippen molar-refractivity contribution in [1.82, 2.24) is 10.2 Å². The Bertz CT molecular complexity index is 379. The summed E-state index contributed by atoms with van der Waals surface area (Å²) in [4.78, 5) is 37.3. The zero-order valence-electron chi connectivity index (χ0n) is 12.0. The topological polar surface area (TPSA) is 75.7 Å². The molecule has 0 aliphatic carbocycles. The third-order valence-electron chi connectivity index (χ3n) is 3.45. The van der Waals surface area contributed by atoms with Crippen molar-refractivity contribution in [2.45, 2.75) is 33.7 Å². The van der Waals surface area contributed by atoms with E-state index in [2.05, 4.69) is 5.32 Å². The maximum absolute atomic E-state index is 12.2. The molecule has 1 amide bonds. The summed E-state index contributed by atoms with van der Waals surface area (Å²) in [5, 5.41) is 2.73. The zero-order valence-corrected chi connectivity index (χ0v) is 12.0. The number of Topliss-reactive ketones (excluding diaryl/α,β-unsaturated/α-hetero) is 1. The van der Waals surface area contributed by atoms with Gasteiger partial charge < -0.3 is 10.1 Å². The van der Waals surface area contributed by atoms with Crippen molar-refractivity contribution < 1.29 is 19.1 Å². The van der Waals surface area contributed by atoms with E-state index in [1.807, 2.05) is 0 Å². The fourth-order valence-corrected chi connectivity index (χ4v) is 1.85. The summed E-state index contributed by atoms with van der Waals surface area (Å²) in [5.41, 5.74) is -1.18. The molecule has 1 atom stereocenters. The lowest BCUT2D eigenvalue weighted by Crippen LogP contribution is -2.56. The molecular formula is C13H22N2O4. The molecule has 1 N–H and O–H groups in total. The van der Waals surface area contributed by atoms with Crippen molar-refractivity contribution in [2.24, 2.45) is 5.41 Å². The lowest BCUT2D eigenvalue weighted by atomic mass is 9.87. The summed E-state index contributed by atoms with van der Waals surface area (Å²) in [6, 6.07) is -0.351. The summed E-state index contributed by atoms with van der Waals surface area (Å²) in [5.74, 6) is -0.838. The van der Waals surface area contributed by atoms with Crippen LogP contribution in [0.15, 0.2) is 0 Å². The molecule has 0 radical (unpaired) electrons. The highest BCUT2D eigenvalue weighted by Crippen LogP contribution is 2.20. The number of esters is 1. The van der Waals surface area contributed by atoms with E-state index in [9.17, 15) is 14.4 Å². The monoisotopic (exact) mass is 270 g/mol. The van der Waals surface area contributed by atoms with Crippen molar-refractivity contribution in [1.29, 1.82) is 0 Å². The molecule has 1 fully saturated rings. The molecule has 1 rings (SSSR count). The zero-order chi connectivity index (χ0) is 14.6. The van der Waals surface area contributed by atoms with E-state index in [4.69, 9.17) is 4.74 Å². The van der Waals surface area contributed by atoms with Crippen LogP contribution < -0.4 is 5.32 Å². The lowest BCUT2D eigenvalue weighted by Gasteiger charge is -2.33. The molecule has 1 aliphatic heterocycles. The second-order valence-electron chi connectivity index (χ2n) is 5.21. The molecule has 6 nitrogen and oxygen atoms in total. The van der Waals surface area contributed by atoms with Gasteiger partial charge in [0.25, 0.3) is 0 Å². The van der Waals surface area contributed by atoms with Crippen LogP contribution in [0.5, 0.6) is 0 Å². The van der Waals surface area contributed by atoms with E-state index >= 15 is 0 Å². The molecule has 1 heterocycles. The van der Waals surface area contributed by atoms with Crippen LogP contribution in [0.1, 0.15) is 27.7 Å². The van der Waals surface area contributed by atoms with Gasteiger partial charge in [0.1, 0.15) is 5.41 Å². The van der Waals surface area contributed by atoms with E-state index in [-0.39, 0.29) is 30.9 Å². The predicted octanol–water partition coefficient (Wildman–Crippen LogP) is -0.0349. The molecular weight excluding hydrogens is 248 g/mol. The van der Waals surface area contributed by atoms with Crippen LogP contribution in [0, 0.1) is 5.41 Å². The third-order valence-corrected chi connectivity index (χ3v) is 3.45. The Morgan fingerprint density at radius 2 is 2.11 bits per heavy atom. The smallest absolute Gasteiger partial charge is 0.319 e. The van der Waals surface area contributed by atoms with Gasteiger partial charge in [0.15, 0.2) is 5.78 Å². The fourth-order valence-electron chi connectivity index (χ4n) is 1.85. The minimum absolute atomic E-state index is 0.0837. The molecule has 0 aromatic heterocycles. The minimum Gasteiger partial charge on any atom is -0.465 e. The van der Waals surface area contributed by atoms with Crippen LogP contribution in [-0.2, 0) is 19.1 Å². The molecule has 0 aromatic rings. The molecule has 108 valence electrons. The van der Waals surface area contributed by atoms with Gasteiger partial charge in [0, 0.05) is 13.1 Å². The van der Waals surface area contributed by atoms with Gasteiger partial charge >= 0.3 is 5.97 Å². The first kappa shape index (κ1) is 15.6. The second kappa shape index (κ2) is 6.14. The molecule has 1 saturated heterocycles. The Balaban J connectivity index is 2.68. The van der Waals surface area contributed by atoms with E-state index in [0.29, 0.717) is 13.1 Å². The first-order valence-corrected chi connectivity index (χ1v) is 6.53. The molecule has 0 spiro atoms. The van der Waals surface area contributed by atoms with E-state index in [1.165, 1.54) is 0 Å². The number of nitrogens with one attached hydrogen (secondary N) is 1.